The molecule has 0 bridgehead atoms. The second-order valence-electron chi connectivity index (χ2n) is 4.39. The first-order valence-electron chi connectivity index (χ1n) is 6.46. The minimum absolute atomic E-state index is 0.237. The van der Waals surface area contributed by atoms with Gasteiger partial charge in [-0.15, -0.1) is 0 Å². The van der Waals surface area contributed by atoms with Crippen LogP contribution in [0, 0.1) is 5.82 Å². The highest BCUT2D eigenvalue weighted by Gasteiger charge is 2.06. The summed E-state index contributed by atoms with van der Waals surface area (Å²) >= 11 is 0. The van der Waals surface area contributed by atoms with Crippen molar-refractivity contribution in [3.8, 4) is 17.2 Å². The van der Waals surface area contributed by atoms with Crippen molar-refractivity contribution in [1.29, 1.82) is 0 Å². The van der Waals surface area contributed by atoms with Crippen LogP contribution in [0.3, 0.4) is 0 Å². The lowest BCUT2D eigenvalue weighted by atomic mass is 10.2. The topological polar surface area (TPSA) is 39.7 Å². The summed E-state index contributed by atoms with van der Waals surface area (Å²) in [5.41, 5.74) is 1.63. The molecule has 2 aromatic rings. The molecule has 0 aliphatic rings. The third kappa shape index (κ3) is 3.56. The van der Waals surface area contributed by atoms with Gasteiger partial charge in [0.2, 0.25) is 0 Å². The van der Waals surface area contributed by atoms with Crippen LogP contribution < -0.4 is 19.5 Å². The second kappa shape index (κ2) is 6.83. The molecule has 21 heavy (non-hydrogen) atoms. The normalized spacial score (nSPS) is 10.1. The third-order valence-electron chi connectivity index (χ3n) is 3.11. The van der Waals surface area contributed by atoms with Gasteiger partial charge in [0.15, 0.2) is 11.6 Å². The van der Waals surface area contributed by atoms with Crippen LogP contribution >= 0.6 is 0 Å². The lowest BCUT2D eigenvalue weighted by molar-refractivity contribution is 0.386. The number of methoxy groups -OCH3 is 3. The minimum atomic E-state index is -0.376. The zero-order chi connectivity index (χ0) is 15.2. The van der Waals surface area contributed by atoms with Crippen LogP contribution in [0.4, 0.5) is 10.1 Å². The van der Waals surface area contributed by atoms with Gasteiger partial charge in [-0.05, 0) is 29.8 Å². The maximum absolute atomic E-state index is 13.6. The molecule has 0 unspecified atom stereocenters. The van der Waals surface area contributed by atoms with E-state index in [1.54, 1.807) is 26.4 Å². The lowest BCUT2D eigenvalue weighted by Gasteiger charge is -2.13. The van der Waals surface area contributed by atoms with Crippen molar-refractivity contribution in [3.63, 3.8) is 0 Å². The van der Waals surface area contributed by atoms with Gasteiger partial charge < -0.3 is 19.5 Å². The molecule has 0 aliphatic carbocycles. The highest BCUT2D eigenvalue weighted by molar-refractivity contribution is 5.59. The molecule has 0 aromatic heterocycles. The summed E-state index contributed by atoms with van der Waals surface area (Å²) < 4.78 is 29.0. The summed E-state index contributed by atoms with van der Waals surface area (Å²) in [6.45, 7) is 0.476. The first kappa shape index (κ1) is 15.0. The number of ether oxygens (including phenoxy) is 3. The molecule has 0 heterocycles. The number of hydrogen-bond donors (Lipinski definition) is 1. The van der Waals surface area contributed by atoms with E-state index in [4.69, 9.17) is 14.2 Å². The van der Waals surface area contributed by atoms with E-state index < -0.39 is 0 Å². The van der Waals surface area contributed by atoms with Gasteiger partial charge in [0, 0.05) is 12.6 Å². The molecule has 0 radical (unpaired) electrons. The van der Waals surface area contributed by atoms with Crippen molar-refractivity contribution in [2.45, 2.75) is 6.54 Å². The van der Waals surface area contributed by atoms with Crippen LogP contribution in [0.5, 0.6) is 17.2 Å². The molecule has 0 fully saturated rings. The summed E-state index contributed by atoms with van der Waals surface area (Å²) in [5, 5.41) is 3.21. The van der Waals surface area contributed by atoms with Gasteiger partial charge >= 0.3 is 0 Å². The Morgan fingerprint density at radius 3 is 2.29 bits per heavy atom. The van der Waals surface area contributed by atoms with Crippen molar-refractivity contribution in [1.82, 2.24) is 0 Å². The number of benzene rings is 2. The van der Waals surface area contributed by atoms with Crippen LogP contribution in [-0.4, -0.2) is 21.3 Å². The van der Waals surface area contributed by atoms with E-state index in [0.29, 0.717) is 18.0 Å². The van der Waals surface area contributed by atoms with E-state index in [-0.39, 0.29) is 11.6 Å². The predicted molar refractivity (Wildman–Crippen MR) is 79.8 cm³/mol. The van der Waals surface area contributed by atoms with E-state index in [1.807, 2.05) is 18.2 Å². The molecule has 0 saturated carbocycles. The van der Waals surface area contributed by atoms with Gasteiger partial charge in [-0.25, -0.2) is 4.39 Å². The summed E-state index contributed by atoms with van der Waals surface area (Å²) in [6, 6.07) is 10.3. The van der Waals surface area contributed by atoms with Crippen molar-refractivity contribution in [2.24, 2.45) is 0 Å². The zero-order valence-electron chi connectivity index (χ0n) is 12.3. The molecular weight excluding hydrogens is 273 g/mol. The van der Waals surface area contributed by atoms with Crippen LogP contribution in [0.25, 0.3) is 0 Å². The van der Waals surface area contributed by atoms with Crippen molar-refractivity contribution in [3.05, 3.63) is 47.8 Å². The molecule has 0 spiro atoms. The van der Waals surface area contributed by atoms with Crippen LogP contribution in [0.15, 0.2) is 36.4 Å². The summed E-state index contributed by atoms with van der Waals surface area (Å²) in [6.07, 6.45) is 0. The first-order valence-corrected chi connectivity index (χ1v) is 6.46. The molecule has 0 atom stereocenters. The Balaban J connectivity index is 2.10. The standard InChI is InChI=1S/C16H18FNO3/c1-19-12-5-6-14(16(9-12)21-3)18-10-11-4-7-15(20-2)13(17)8-11/h4-9,18H,10H2,1-3H3. The smallest absolute Gasteiger partial charge is 0.165 e. The van der Waals surface area contributed by atoms with E-state index in [0.717, 1.165) is 11.3 Å². The maximum Gasteiger partial charge on any atom is 0.165 e. The maximum atomic E-state index is 13.6. The van der Waals surface area contributed by atoms with Gasteiger partial charge in [-0.1, -0.05) is 6.07 Å². The first-order chi connectivity index (χ1) is 10.2. The van der Waals surface area contributed by atoms with E-state index in [2.05, 4.69) is 5.32 Å². The number of halogens is 1. The highest BCUT2D eigenvalue weighted by atomic mass is 19.1. The average Bonchev–Trinajstić information content (AvgIpc) is 2.52. The molecule has 4 nitrogen and oxygen atoms in total. The number of nitrogens with one attached hydrogen (secondary N) is 1. The molecule has 1 N–H and O–H groups in total. The van der Waals surface area contributed by atoms with Crippen LogP contribution in [0.1, 0.15) is 5.56 Å². The summed E-state index contributed by atoms with van der Waals surface area (Å²) in [5.74, 6) is 1.25. The van der Waals surface area contributed by atoms with Crippen LogP contribution in [-0.2, 0) is 6.54 Å². The fourth-order valence-electron chi connectivity index (χ4n) is 1.96. The molecule has 112 valence electrons. The Bertz CT molecular complexity index is 616. The Morgan fingerprint density at radius 2 is 1.67 bits per heavy atom. The van der Waals surface area contributed by atoms with E-state index in [9.17, 15) is 4.39 Å². The third-order valence-corrected chi connectivity index (χ3v) is 3.11. The van der Waals surface area contributed by atoms with E-state index >= 15 is 0 Å². The predicted octanol–water partition coefficient (Wildman–Crippen LogP) is 3.46. The van der Waals surface area contributed by atoms with Crippen molar-refractivity contribution in [2.75, 3.05) is 26.6 Å². The summed E-state index contributed by atoms with van der Waals surface area (Å²) in [7, 11) is 4.63. The largest absolute Gasteiger partial charge is 0.497 e. The second-order valence-corrected chi connectivity index (χ2v) is 4.39. The molecule has 0 aliphatic heterocycles. The fourth-order valence-corrected chi connectivity index (χ4v) is 1.96. The molecule has 0 saturated heterocycles. The molecule has 2 aromatic carbocycles. The lowest BCUT2D eigenvalue weighted by Crippen LogP contribution is -2.02. The Hall–Kier alpha value is -2.43. The number of anilines is 1. The number of rotatable bonds is 6. The van der Waals surface area contributed by atoms with Gasteiger partial charge in [-0.2, -0.15) is 0 Å². The SMILES string of the molecule is COc1ccc(NCc2ccc(OC)c(F)c2)c(OC)c1. The quantitative estimate of drug-likeness (QED) is 0.884. The van der Waals surface area contributed by atoms with Gasteiger partial charge in [0.1, 0.15) is 11.5 Å². The van der Waals surface area contributed by atoms with Crippen LogP contribution in [0.2, 0.25) is 0 Å². The Labute approximate surface area is 123 Å². The van der Waals surface area contributed by atoms with Gasteiger partial charge in [-0.3, -0.25) is 0 Å². The Kier molecular flexibility index (Phi) is 4.87. The van der Waals surface area contributed by atoms with E-state index in [1.165, 1.54) is 13.2 Å². The average molecular weight is 291 g/mol. The molecule has 0 amide bonds. The van der Waals surface area contributed by atoms with Crippen molar-refractivity contribution >= 4 is 5.69 Å². The summed E-state index contributed by atoms with van der Waals surface area (Å²) in [4.78, 5) is 0. The minimum Gasteiger partial charge on any atom is -0.497 e. The molecule has 2 rings (SSSR count). The van der Waals surface area contributed by atoms with Crippen molar-refractivity contribution < 1.29 is 18.6 Å². The molecular formula is C16H18FNO3. The van der Waals surface area contributed by atoms with Gasteiger partial charge in [0.05, 0.1) is 27.0 Å². The highest BCUT2D eigenvalue weighted by Crippen LogP contribution is 2.29. The van der Waals surface area contributed by atoms with Gasteiger partial charge in [0.25, 0.3) is 0 Å². The molecule has 5 heteroatoms. The fraction of sp³-hybridized carbons (Fsp3) is 0.250. The Morgan fingerprint density at radius 1 is 0.905 bits per heavy atom. The monoisotopic (exact) mass is 291 g/mol. The zero-order valence-corrected chi connectivity index (χ0v) is 12.3. The number of hydrogen-bond acceptors (Lipinski definition) is 4.